The number of benzene rings is 2. The molecule has 0 aliphatic rings. The summed E-state index contributed by atoms with van der Waals surface area (Å²) in [6.45, 7) is 2.05. The van der Waals surface area contributed by atoms with E-state index in [1.807, 2.05) is 0 Å². The number of nitrogens with one attached hydrogen (secondary N) is 1. The van der Waals surface area contributed by atoms with Gasteiger partial charge in [0.25, 0.3) is 0 Å². The first-order valence-corrected chi connectivity index (χ1v) is 11.2. The molecule has 0 fully saturated rings. The zero-order valence-electron chi connectivity index (χ0n) is 16.2. The van der Waals surface area contributed by atoms with Crippen LogP contribution in [-0.4, -0.2) is 39.7 Å². The van der Waals surface area contributed by atoms with Gasteiger partial charge in [-0.1, -0.05) is 29.8 Å². The molecular formula is C20H23ClN2O5S. The number of esters is 1. The third-order valence-corrected chi connectivity index (χ3v) is 5.39. The molecule has 1 N–H and O–H groups in total. The second kappa shape index (κ2) is 10.3. The van der Waals surface area contributed by atoms with E-state index in [2.05, 4.69) is 5.32 Å². The van der Waals surface area contributed by atoms with Crippen molar-refractivity contribution in [3.8, 4) is 0 Å². The van der Waals surface area contributed by atoms with E-state index >= 15 is 0 Å². The van der Waals surface area contributed by atoms with E-state index < -0.39 is 16.0 Å². The van der Waals surface area contributed by atoms with Crippen LogP contribution in [0.15, 0.2) is 48.5 Å². The Kier molecular flexibility index (Phi) is 8.04. The first-order chi connectivity index (χ1) is 13.7. The van der Waals surface area contributed by atoms with Crippen LogP contribution in [0.25, 0.3) is 0 Å². The predicted molar refractivity (Wildman–Crippen MR) is 114 cm³/mol. The molecule has 0 radical (unpaired) electrons. The monoisotopic (exact) mass is 438 g/mol. The molecule has 0 aromatic heterocycles. The van der Waals surface area contributed by atoms with Gasteiger partial charge in [0.05, 0.1) is 29.8 Å². The normalized spacial score (nSPS) is 11.0. The molecule has 0 unspecified atom stereocenters. The summed E-state index contributed by atoms with van der Waals surface area (Å²) in [5.74, 6) is -0.853. The molecule has 0 spiro atoms. The van der Waals surface area contributed by atoms with Crippen molar-refractivity contribution in [2.24, 2.45) is 0 Å². The van der Waals surface area contributed by atoms with E-state index in [-0.39, 0.29) is 37.5 Å². The topological polar surface area (TPSA) is 92.8 Å². The Morgan fingerprint density at radius 2 is 1.86 bits per heavy atom. The average molecular weight is 439 g/mol. The molecule has 0 aliphatic heterocycles. The number of ether oxygens (including phenoxy) is 1. The maximum atomic E-state index is 12.3. The first-order valence-electron chi connectivity index (χ1n) is 9.01. The molecule has 156 valence electrons. The third kappa shape index (κ3) is 6.76. The Labute approximate surface area is 175 Å². The molecule has 1 amide bonds. The lowest BCUT2D eigenvalue weighted by Crippen LogP contribution is -2.31. The smallest absolute Gasteiger partial charge is 0.340 e. The van der Waals surface area contributed by atoms with E-state index in [0.717, 1.165) is 6.26 Å². The number of hydrogen-bond acceptors (Lipinski definition) is 5. The number of sulfonamides is 1. The van der Waals surface area contributed by atoms with Crippen LogP contribution in [0.2, 0.25) is 5.02 Å². The number of carbonyl (C=O) groups excluding carboxylic acids is 2. The zero-order chi connectivity index (χ0) is 21.4. The minimum atomic E-state index is -3.53. The lowest BCUT2D eigenvalue weighted by Gasteiger charge is -2.22. The Morgan fingerprint density at radius 1 is 1.14 bits per heavy atom. The van der Waals surface area contributed by atoms with Gasteiger partial charge in [0, 0.05) is 18.0 Å². The second-order valence-corrected chi connectivity index (χ2v) is 8.58. The van der Waals surface area contributed by atoms with Crippen molar-refractivity contribution < 1.29 is 22.7 Å². The quantitative estimate of drug-likeness (QED) is 0.602. The Bertz CT molecular complexity index is 978. The summed E-state index contributed by atoms with van der Waals surface area (Å²) in [5, 5.41) is 3.10. The van der Waals surface area contributed by atoms with Gasteiger partial charge in [-0.05, 0) is 43.7 Å². The maximum Gasteiger partial charge on any atom is 0.340 e. The van der Waals surface area contributed by atoms with Crippen LogP contribution in [0.5, 0.6) is 0 Å². The largest absolute Gasteiger partial charge is 0.462 e. The van der Waals surface area contributed by atoms with Crippen molar-refractivity contribution in [3.63, 3.8) is 0 Å². The van der Waals surface area contributed by atoms with Crippen LogP contribution in [0.4, 0.5) is 11.4 Å². The molecule has 0 aliphatic carbocycles. The minimum Gasteiger partial charge on any atom is -0.462 e. The van der Waals surface area contributed by atoms with Gasteiger partial charge in [-0.25, -0.2) is 13.2 Å². The summed E-state index contributed by atoms with van der Waals surface area (Å²) in [6.07, 6.45) is 1.46. The van der Waals surface area contributed by atoms with Crippen LogP contribution >= 0.6 is 11.6 Å². The number of anilines is 2. The van der Waals surface area contributed by atoms with E-state index in [9.17, 15) is 18.0 Å². The maximum absolute atomic E-state index is 12.3. The molecule has 2 aromatic rings. The van der Waals surface area contributed by atoms with Gasteiger partial charge < -0.3 is 10.1 Å². The van der Waals surface area contributed by atoms with Crippen molar-refractivity contribution in [3.05, 3.63) is 59.1 Å². The van der Waals surface area contributed by atoms with Gasteiger partial charge >= 0.3 is 5.97 Å². The minimum absolute atomic E-state index is 0.0732. The van der Waals surface area contributed by atoms with E-state index in [1.54, 1.807) is 55.5 Å². The lowest BCUT2D eigenvalue weighted by molar-refractivity contribution is -0.116. The highest BCUT2D eigenvalue weighted by Gasteiger charge is 2.18. The molecule has 0 bridgehead atoms. The van der Waals surface area contributed by atoms with E-state index in [4.69, 9.17) is 16.3 Å². The van der Waals surface area contributed by atoms with Crippen LogP contribution in [0.1, 0.15) is 30.1 Å². The van der Waals surface area contributed by atoms with Gasteiger partial charge in [-0.3, -0.25) is 9.10 Å². The SMILES string of the molecule is CCOC(=O)c1ccccc1NC(=O)CCCN(c1cccc(Cl)c1)S(C)(=O)=O. The molecule has 0 saturated carbocycles. The van der Waals surface area contributed by atoms with Gasteiger partial charge in [0.1, 0.15) is 0 Å². The Balaban J connectivity index is 2.01. The van der Waals surface area contributed by atoms with Crippen molar-refractivity contribution in [1.29, 1.82) is 0 Å². The molecular weight excluding hydrogens is 416 g/mol. The number of halogens is 1. The molecule has 0 heterocycles. The van der Waals surface area contributed by atoms with Gasteiger partial charge in [0.15, 0.2) is 0 Å². The standard InChI is InChI=1S/C20H23ClN2O5S/c1-3-28-20(25)17-10-4-5-11-18(17)22-19(24)12-7-13-23(29(2,26)27)16-9-6-8-15(21)14-16/h4-6,8-11,14H,3,7,12-13H2,1-2H3,(H,22,24). The summed E-state index contributed by atoms with van der Waals surface area (Å²) in [6, 6.07) is 13.1. The number of amides is 1. The molecule has 7 nitrogen and oxygen atoms in total. The molecule has 2 rings (SSSR count). The summed E-state index contributed by atoms with van der Waals surface area (Å²) in [5.41, 5.74) is 1.05. The predicted octanol–water partition coefficient (Wildman–Crippen LogP) is 3.70. The lowest BCUT2D eigenvalue weighted by atomic mass is 10.1. The molecule has 2 aromatic carbocycles. The molecule has 29 heavy (non-hydrogen) atoms. The van der Waals surface area contributed by atoms with Gasteiger partial charge in [0.2, 0.25) is 15.9 Å². The summed E-state index contributed by atoms with van der Waals surface area (Å²) >= 11 is 5.95. The van der Waals surface area contributed by atoms with Crippen LogP contribution in [-0.2, 0) is 19.6 Å². The molecule has 0 saturated heterocycles. The first kappa shape index (κ1) is 22.7. The number of para-hydroxylation sites is 1. The summed E-state index contributed by atoms with van der Waals surface area (Å²) in [4.78, 5) is 24.3. The highest BCUT2D eigenvalue weighted by atomic mass is 35.5. The van der Waals surface area contributed by atoms with Gasteiger partial charge in [-0.2, -0.15) is 0 Å². The average Bonchev–Trinajstić information content (AvgIpc) is 2.65. The van der Waals surface area contributed by atoms with Crippen LogP contribution in [0.3, 0.4) is 0 Å². The highest BCUT2D eigenvalue weighted by Crippen LogP contribution is 2.22. The fraction of sp³-hybridized carbons (Fsp3) is 0.300. The van der Waals surface area contributed by atoms with Crippen molar-refractivity contribution >= 4 is 44.9 Å². The number of carbonyl (C=O) groups is 2. The molecule has 9 heteroatoms. The van der Waals surface area contributed by atoms with Crippen molar-refractivity contribution in [2.75, 3.05) is 29.0 Å². The molecule has 0 atom stereocenters. The Hall–Kier alpha value is -2.58. The fourth-order valence-electron chi connectivity index (χ4n) is 2.69. The summed E-state index contributed by atoms with van der Waals surface area (Å²) in [7, 11) is -3.53. The van der Waals surface area contributed by atoms with Crippen molar-refractivity contribution in [2.45, 2.75) is 19.8 Å². The number of rotatable bonds is 9. The van der Waals surface area contributed by atoms with E-state index in [1.165, 1.54) is 4.31 Å². The van der Waals surface area contributed by atoms with Crippen LogP contribution in [0, 0.1) is 0 Å². The third-order valence-electron chi connectivity index (χ3n) is 3.96. The highest BCUT2D eigenvalue weighted by molar-refractivity contribution is 7.92. The zero-order valence-corrected chi connectivity index (χ0v) is 17.8. The number of nitrogens with zero attached hydrogens (tertiary/aromatic N) is 1. The van der Waals surface area contributed by atoms with Crippen LogP contribution < -0.4 is 9.62 Å². The van der Waals surface area contributed by atoms with Crippen molar-refractivity contribution in [1.82, 2.24) is 0 Å². The Morgan fingerprint density at radius 3 is 2.52 bits per heavy atom. The fourth-order valence-corrected chi connectivity index (χ4v) is 3.83. The summed E-state index contributed by atoms with van der Waals surface area (Å²) < 4.78 is 30.4. The van der Waals surface area contributed by atoms with Gasteiger partial charge in [-0.15, -0.1) is 0 Å². The van der Waals surface area contributed by atoms with E-state index in [0.29, 0.717) is 16.4 Å². The second-order valence-electron chi connectivity index (χ2n) is 6.23. The number of hydrogen-bond donors (Lipinski definition) is 1.